The van der Waals surface area contributed by atoms with Crippen LogP contribution in [0.15, 0.2) is 24.4 Å². The van der Waals surface area contributed by atoms with Crippen LogP contribution in [0.3, 0.4) is 0 Å². The number of fused-ring (bicyclic) bond motifs is 2. The van der Waals surface area contributed by atoms with Gasteiger partial charge < -0.3 is 14.6 Å². The molecule has 1 aromatic heterocycles. The van der Waals surface area contributed by atoms with Crippen LogP contribution in [0.25, 0.3) is 0 Å². The summed E-state index contributed by atoms with van der Waals surface area (Å²) in [7, 11) is 2.98. The molecule has 2 heterocycles. The van der Waals surface area contributed by atoms with Crippen molar-refractivity contribution in [3.63, 3.8) is 0 Å². The number of aromatic nitrogens is 2. The predicted octanol–water partition coefficient (Wildman–Crippen LogP) is 2.89. The fourth-order valence-corrected chi connectivity index (χ4v) is 4.90. The summed E-state index contributed by atoms with van der Waals surface area (Å²) in [4.78, 5) is 10.5. The maximum atomic E-state index is 14.1. The number of likely N-dealkylation sites (tertiary alicyclic amines) is 1. The molecule has 29 heavy (non-hydrogen) atoms. The monoisotopic (exact) mass is 405 g/mol. The topological polar surface area (TPSA) is 67.7 Å². The van der Waals surface area contributed by atoms with Crippen molar-refractivity contribution in [2.45, 2.75) is 31.4 Å². The fourth-order valence-electron chi connectivity index (χ4n) is 4.90. The molecular formula is C21H25F2N3O3. The molecule has 2 fully saturated rings. The molecule has 1 aliphatic heterocycles. The molecule has 1 aliphatic carbocycles. The van der Waals surface area contributed by atoms with Crippen LogP contribution in [-0.2, 0) is 12.1 Å². The van der Waals surface area contributed by atoms with E-state index in [2.05, 4.69) is 14.9 Å². The number of halogens is 2. The molecule has 2 aromatic rings. The molecule has 1 aromatic carbocycles. The van der Waals surface area contributed by atoms with Gasteiger partial charge in [-0.25, -0.2) is 13.8 Å². The van der Waals surface area contributed by atoms with Gasteiger partial charge in [-0.1, -0.05) is 18.6 Å². The van der Waals surface area contributed by atoms with Crippen molar-refractivity contribution < 1.29 is 23.4 Å². The van der Waals surface area contributed by atoms with Crippen LogP contribution in [-0.4, -0.2) is 47.3 Å². The number of piperidine rings is 1. The Bertz CT molecular complexity index is 881. The summed E-state index contributed by atoms with van der Waals surface area (Å²) in [6.45, 7) is 1.44. The Morgan fingerprint density at radius 1 is 1.17 bits per heavy atom. The molecule has 2 unspecified atom stereocenters. The summed E-state index contributed by atoms with van der Waals surface area (Å²) in [5.41, 5.74) is -0.238. The first-order valence-corrected chi connectivity index (χ1v) is 9.80. The predicted molar refractivity (Wildman–Crippen MR) is 101 cm³/mol. The minimum atomic E-state index is -1.13. The minimum absolute atomic E-state index is 0.0856. The molecule has 0 spiro atoms. The lowest BCUT2D eigenvalue weighted by Gasteiger charge is -2.53. The molecule has 0 radical (unpaired) electrons. The van der Waals surface area contributed by atoms with Gasteiger partial charge >= 0.3 is 6.01 Å². The second-order valence-corrected chi connectivity index (χ2v) is 7.84. The Balaban J connectivity index is 1.63. The van der Waals surface area contributed by atoms with E-state index in [0.717, 1.165) is 25.3 Å². The van der Waals surface area contributed by atoms with E-state index >= 15 is 0 Å². The first-order chi connectivity index (χ1) is 14.0. The standard InChI is InChI=1S/C21H25F2N3O3/c1-28-19-16(9-24-20(25-19)29-2)21(27)14-6-4-7-15(21)12-26(11-14)10-13-5-3-8-17(22)18(13)23/h3,5,8-9,14-15,27H,4,6-7,10-12H2,1-2H3. The Morgan fingerprint density at radius 3 is 2.55 bits per heavy atom. The summed E-state index contributed by atoms with van der Waals surface area (Å²) >= 11 is 0. The third kappa shape index (κ3) is 3.44. The highest BCUT2D eigenvalue weighted by Crippen LogP contribution is 2.51. The lowest BCUT2D eigenvalue weighted by atomic mass is 9.63. The zero-order valence-electron chi connectivity index (χ0n) is 16.6. The molecule has 0 amide bonds. The average molecular weight is 405 g/mol. The summed E-state index contributed by atoms with van der Waals surface area (Å²) < 4.78 is 38.2. The van der Waals surface area contributed by atoms with Crippen molar-refractivity contribution in [1.29, 1.82) is 0 Å². The van der Waals surface area contributed by atoms with Crippen LogP contribution < -0.4 is 9.47 Å². The molecule has 2 bridgehead atoms. The lowest BCUT2D eigenvalue weighted by molar-refractivity contribution is -0.150. The Labute approximate surface area is 168 Å². The first-order valence-electron chi connectivity index (χ1n) is 9.80. The highest BCUT2D eigenvalue weighted by Gasteiger charge is 2.53. The zero-order valence-corrected chi connectivity index (χ0v) is 16.6. The average Bonchev–Trinajstić information content (AvgIpc) is 2.71. The van der Waals surface area contributed by atoms with Crippen LogP contribution in [0.5, 0.6) is 11.9 Å². The largest absolute Gasteiger partial charge is 0.481 e. The maximum absolute atomic E-state index is 14.1. The number of hydrogen-bond donors (Lipinski definition) is 1. The molecule has 2 atom stereocenters. The smallest absolute Gasteiger partial charge is 0.319 e. The number of ether oxygens (including phenoxy) is 2. The number of rotatable bonds is 5. The van der Waals surface area contributed by atoms with Crippen molar-refractivity contribution >= 4 is 0 Å². The van der Waals surface area contributed by atoms with E-state index in [4.69, 9.17) is 9.47 Å². The molecule has 156 valence electrons. The summed E-state index contributed by atoms with van der Waals surface area (Å²) in [6.07, 6.45) is 4.24. The van der Waals surface area contributed by atoms with Gasteiger partial charge in [-0.05, 0) is 18.9 Å². The van der Waals surface area contributed by atoms with E-state index < -0.39 is 17.2 Å². The zero-order chi connectivity index (χ0) is 20.6. The van der Waals surface area contributed by atoms with Crippen LogP contribution >= 0.6 is 0 Å². The van der Waals surface area contributed by atoms with E-state index in [9.17, 15) is 13.9 Å². The molecule has 4 rings (SSSR count). The van der Waals surface area contributed by atoms with Crippen LogP contribution in [0.2, 0.25) is 0 Å². The van der Waals surface area contributed by atoms with Gasteiger partial charge in [0.1, 0.15) is 5.60 Å². The first kappa shape index (κ1) is 20.0. The normalized spacial score (nSPS) is 26.9. The number of methoxy groups -OCH3 is 2. The Morgan fingerprint density at radius 2 is 1.90 bits per heavy atom. The maximum Gasteiger partial charge on any atom is 0.319 e. The van der Waals surface area contributed by atoms with Gasteiger partial charge in [-0.15, -0.1) is 0 Å². The van der Waals surface area contributed by atoms with E-state index in [1.807, 2.05) is 0 Å². The van der Waals surface area contributed by atoms with Gasteiger partial charge in [-0.2, -0.15) is 4.98 Å². The lowest BCUT2D eigenvalue weighted by Crippen LogP contribution is -2.58. The van der Waals surface area contributed by atoms with E-state index in [1.165, 1.54) is 20.3 Å². The minimum Gasteiger partial charge on any atom is -0.481 e. The van der Waals surface area contributed by atoms with Crippen molar-refractivity contribution in [2.24, 2.45) is 11.8 Å². The van der Waals surface area contributed by atoms with E-state index in [0.29, 0.717) is 36.6 Å². The number of hydrogen-bond acceptors (Lipinski definition) is 6. The third-order valence-electron chi connectivity index (χ3n) is 6.27. The van der Waals surface area contributed by atoms with Crippen molar-refractivity contribution in [3.05, 3.63) is 47.2 Å². The summed E-state index contributed by atoms with van der Waals surface area (Å²) in [5, 5.41) is 11.8. The van der Waals surface area contributed by atoms with Crippen LogP contribution in [0, 0.1) is 23.5 Å². The van der Waals surface area contributed by atoms with Crippen molar-refractivity contribution in [2.75, 3.05) is 27.3 Å². The molecule has 8 heteroatoms. The molecule has 6 nitrogen and oxygen atoms in total. The van der Waals surface area contributed by atoms with Gasteiger partial charge in [0, 0.05) is 43.2 Å². The third-order valence-corrected chi connectivity index (χ3v) is 6.27. The second-order valence-electron chi connectivity index (χ2n) is 7.84. The molecular weight excluding hydrogens is 380 g/mol. The molecule has 1 saturated heterocycles. The van der Waals surface area contributed by atoms with Gasteiger partial charge in [0.25, 0.3) is 0 Å². The molecule has 1 N–H and O–H groups in total. The Hall–Kier alpha value is -2.32. The van der Waals surface area contributed by atoms with Crippen molar-refractivity contribution in [1.82, 2.24) is 14.9 Å². The number of nitrogens with zero attached hydrogens (tertiary/aromatic N) is 3. The highest BCUT2D eigenvalue weighted by atomic mass is 19.2. The van der Waals surface area contributed by atoms with Crippen LogP contribution in [0.4, 0.5) is 8.78 Å². The molecule has 1 saturated carbocycles. The number of benzene rings is 1. The second kappa shape index (κ2) is 7.84. The quantitative estimate of drug-likeness (QED) is 0.825. The van der Waals surface area contributed by atoms with Gasteiger partial charge in [-0.3, -0.25) is 4.90 Å². The number of aliphatic hydroxyl groups is 1. The summed E-state index contributed by atoms with van der Waals surface area (Å²) in [6, 6.07) is 4.43. The van der Waals surface area contributed by atoms with Crippen molar-refractivity contribution in [3.8, 4) is 11.9 Å². The SMILES string of the molecule is COc1ncc(C2(O)C3CCCC2CN(Cc2cccc(F)c2F)C3)c(OC)n1. The van der Waals surface area contributed by atoms with Gasteiger partial charge in [0.15, 0.2) is 11.6 Å². The van der Waals surface area contributed by atoms with Gasteiger partial charge in [0.05, 0.1) is 19.8 Å². The van der Waals surface area contributed by atoms with Crippen LogP contribution in [0.1, 0.15) is 30.4 Å². The summed E-state index contributed by atoms with van der Waals surface area (Å²) in [5.74, 6) is -1.50. The van der Waals surface area contributed by atoms with E-state index in [-0.39, 0.29) is 17.8 Å². The highest BCUT2D eigenvalue weighted by molar-refractivity contribution is 5.34. The fraction of sp³-hybridized carbons (Fsp3) is 0.524. The molecule has 2 aliphatic rings. The van der Waals surface area contributed by atoms with E-state index in [1.54, 1.807) is 12.3 Å². The Kier molecular flexibility index (Phi) is 5.40. The van der Waals surface area contributed by atoms with Gasteiger partial charge in [0.2, 0.25) is 5.88 Å².